The molecule has 0 spiro atoms. The van der Waals surface area contributed by atoms with Gasteiger partial charge in [-0.3, -0.25) is 4.57 Å². The van der Waals surface area contributed by atoms with Crippen LogP contribution in [0.4, 0.5) is 0 Å². The van der Waals surface area contributed by atoms with Crippen LogP contribution in [0, 0.1) is 5.41 Å². The minimum atomic E-state index is -2.67. The summed E-state index contributed by atoms with van der Waals surface area (Å²) in [6, 6.07) is 0. The average molecular weight is 164 g/mol. The second-order valence-corrected chi connectivity index (χ2v) is 5.54. The van der Waals surface area contributed by atoms with Crippen LogP contribution in [0.5, 0.6) is 0 Å². The van der Waals surface area contributed by atoms with Gasteiger partial charge in [-0.15, -0.1) is 0 Å². The van der Waals surface area contributed by atoms with Gasteiger partial charge >= 0.3 is 7.60 Å². The van der Waals surface area contributed by atoms with Crippen molar-refractivity contribution in [3.63, 3.8) is 0 Å². The highest BCUT2D eigenvalue weighted by atomic mass is 31.2. The van der Waals surface area contributed by atoms with Gasteiger partial charge in [-0.1, -0.05) is 13.8 Å². The molecule has 1 aliphatic rings. The largest absolute Gasteiger partial charge is 0.327 e. The van der Waals surface area contributed by atoms with E-state index in [1.165, 1.54) is 6.66 Å². The molecule has 0 aromatic carbocycles. The molecule has 1 heterocycles. The van der Waals surface area contributed by atoms with Gasteiger partial charge in [0, 0.05) is 12.1 Å². The Hall–Kier alpha value is 0.150. The van der Waals surface area contributed by atoms with E-state index in [0.717, 1.165) is 0 Å². The Bertz CT molecular complexity index is 162. The molecule has 4 heteroatoms. The van der Waals surface area contributed by atoms with Gasteiger partial charge < -0.3 is 9.05 Å². The van der Waals surface area contributed by atoms with E-state index in [2.05, 4.69) is 0 Å². The first-order valence-electron chi connectivity index (χ1n) is 3.28. The Kier molecular flexibility index (Phi) is 1.92. The number of hydrogen-bond acceptors (Lipinski definition) is 3. The van der Waals surface area contributed by atoms with Crippen molar-refractivity contribution in [3.05, 3.63) is 0 Å². The molecule has 0 amide bonds. The van der Waals surface area contributed by atoms with Crippen LogP contribution in [0.3, 0.4) is 0 Å². The van der Waals surface area contributed by atoms with Crippen molar-refractivity contribution in [2.75, 3.05) is 19.9 Å². The zero-order valence-electron chi connectivity index (χ0n) is 6.59. The maximum absolute atomic E-state index is 11.1. The highest BCUT2D eigenvalue weighted by Crippen LogP contribution is 2.49. The predicted octanol–water partition coefficient (Wildman–Crippen LogP) is 1.88. The fourth-order valence-electron chi connectivity index (χ4n) is 0.663. The normalized spacial score (nSPS) is 29.9. The zero-order chi connectivity index (χ0) is 7.83. The van der Waals surface area contributed by atoms with E-state index in [-0.39, 0.29) is 5.41 Å². The Labute approximate surface area is 61.2 Å². The molecule has 1 fully saturated rings. The summed E-state index contributed by atoms with van der Waals surface area (Å²) in [5, 5.41) is 0. The molecule has 0 radical (unpaired) electrons. The summed E-state index contributed by atoms with van der Waals surface area (Å²) in [6.45, 7) is 6.60. The van der Waals surface area contributed by atoms with E-state index in [4.69, 9.17) is 9.05 Å². The highest BCUT2D eigenvalue weighted by molar-refractivity contribution is 7.53. The van der Waals surface area contributed by atoms with Gasteiger partial charge in [-0.05, 0) is 0 Å². The number of hydrogen-bond donors (Lipinski definition) is 0. The maximum Gasteiger partial charge on any atom is 0.327 e. The van der Waals surface area contributed by atoms with Gasteiger partial charge in [0.2, 0.25) is 0 Å². The summed E-state index contributed by atoms with van der Waals surface area (Å²) in [7, 11) is -2.67. The third kappa shape index (κ3) is 2.08. The van der Waals surface area contributed by atoms with Crippen LogP contribution in [0.25, 0.3) is 0 Å². The second kappa shape index (κ2) is 2.33. The molecular formula is C6H13O3P. The van der Waals surface area contributed by atoms with E-state index in [1.807, 2.05) is 13.8 Å². The lowest BCUT2D eigenvalue weighted by Crippen LogP contribution is -2.28. The van der Waals surface area contributed by atoms with Gasteiger partial charge in [0.15, 0.2) is 0 Å². The van der Waals surface area contributed by atoms with E-state index >= 15 is 0 Å². The SMILES string of the molecule is CC1(C)COP(C)(=O)OC1. The molecule has 1 rings (SSSR count). The smallest absolute Gasteiger partial charge is 0.308 e. The van der Waals surface area contributed by atoms with E-state index in [1.54, 1.807) is 0 Å². The molecule has 1 aliphatic heterocycles. The summed E-state index contributed by atoms with van der Waals surface area (Å²) in [6.07, 6.45) is 0. The van der Waals surface area contributed by atoms with Crippen LogP contribution in [0.2, 0.25) is 0 Å². The molecule has 3 nitrogen and oxygen atoms in total. The predicted molar refractivity (Wildman–Crippen MR) is 39.2 cm³/mol. The monoisotopic (exact) mass is 164 g/mol. The van der Waals surface area contributed by atoms with Crippen LogP contribution in [-0.2, 0) is 13.6 Å². The van der Waals surface area contributed by atoms with Crippen molar-refractivity contribution < 1.29 is 13.6 Å². The fourth-order valence-corrected chi connectivity index (χ4v) is 1.91. The van der Waals surface area contributed by atoms with E-state index in [9.17, 15) is 4.57 Å². The van der Waals surface area contributed by atoms with Crippen molar-refractivity contribution in [2.45, 2.75) is 13.8 Å². The highest BCUT2D eigenvalue weighted by Gasteiger charge is 2.32. The van der Waals surface area contributed by atoms with Gasteiger partial charge in [0.05, 0.1) is 13.2 Å². The van der Waals surface area contributed by atoms with Crippen LogP contribution in [0.15, 0.2) is 0 Å². The molecule has 10 heavy (non-hydrogen) atoms. The molecule has 0 unspecified atom stereocenters. The molecule has 0 aromatic rings. The quantitative estimate of drug-likeness (QED) is 0.513. The molecule has 0 aromatic heterocycles. The summed E-state index contributed by atoms with van der Waals surface area (Å²) in [4.78, 5) is 0. The standard InChI is InChI=1S/C6H13O3P/c1-6(2)4-8-10(3,7)9-5-6/h4-5H2,1-3H3. The molecular weight excluding hydrogens is 151 g/mol. The Morgan fingerprint density at radius 2 is 1.70 bits per heavy atom. The third-order valence-corrected chi connectivity index (χ3v) is 2.58. The van der Waals surface area contributed by atoms with Crippen molar-refractivity contribution in [1.29, 1.82) is 0 Å². The van der Waals surface area contributed by atoms with E-state index in [0.29, 0.717) is 13.2 Å². The first kappa shape index (κ1) is 8.25. The topological polar surface area (TPSA) is 35.5 Å². The van der Waals surface area contributed by atoms with Gasteiger partial charge in [-0.2, -0.15) is 0 Å². The summed E-state index contributed by atoms with van der Waals surface area (Å²) in [5.41, 5.74) is 0.0178. The van der Waals surface area contributed by atoms with Gasteiger partial charge in [0.25, 0.3) is 0 Å². The Morgan fingerprint density at radius 1 is 1.30 bits per heavy atom. The lowest BCUT2D eigenvalue weighted by molar-refractivity contribution is 0.0439. The average Bonchev–Trinajstić information content (AvgIpc) is 1.79. The fraction of sp³-hybridized carbons (Fsp3) is 1.00. The first-order valence-corrected chi connectivity index (χ1v) is 5.27. The number of rotatable bonds is 0. The molecule has 0 saturated carbocycles. The maximum atomic E-state index is 11.1. The lowest BCUT2D eigenvalue weighted by atomic mass is 9.97. The van der Waals surface area contributed by atoms with Crippen molar-refractivity contribution >= 4 is 7.60 Å². The summed E-state index contributed by atoms with van der Waals surface area (Å²) < 4.78 is 21.1. The van der Waals surface area contributed by atoms with E-state index < -0.39 is 7.60 Å². The van der Waals surface area contributed by atoms with Crippen LogP contribution in [-0.4, -0.2) is 19.9 Å². The van der Waals surface area contributed by atoms with Crippen LogP contribution >= 0.6 is 7.60 Å². The van der Waals surface area contributed by atoms with Crippen molar-refractivity contribution in [1.82, 2.24) is 0 Å². The summed E-state index contributed by atoms with van der Waals surface area (Å²) in [5.74, 6) is 0. The zero-order valence-corrected chi connectivity index (χ0v) is 7.48. The molecule has 0 atom stereocenters. The van der Waals surface area contributed by atoms with Crippen LogP contribution in [0.1, 0.15) is 13.8 Å². The summed E-state index contributed by atoms with van der Waals surface area (Å²) >= 11 is 0. The Morgan fingerprint density at radius 3 is 2.00 bits per heavy atom. The van der Waals surface area contributed by atoms with Crippen LogP contribution < -0.4 is 0 Å². The molecule has 0 aliphatic carbocycles. The lowest BCUT2D eigenvalue weighted by Gasteiger charge is -2.32. The van der Waals surface area contributed by atoms with Gasteiger partial charge in [-0.25, -0.2) is 0 Å². The minimum absolute atomic E-state index is 0.0178. The van der Waals surface area contributed by atoms with Crippen molar-refractivity contribution in [2.24, 2.45) is 5.41 Å². The first-order chi connectivity index (χ1) is 4.41. The van der Waals surface area contributed by atoms with Crippen molar-refractivity contribution in [3.8, 4) is 0 Å². The van der Waals surface area contributed by atoms with Gasteiger partial charge in [0.1, 0.15) is 0 Å². The molecule has 0 bridgehead atoms. The third-order valence-electron chi connectivity index (χ3n) is 1.38. The Balaban J connectivity index is 2.54. The molecule has 0 N–H and O–H groups in total. The molecule has 60 valence electrons. The second-order valence-electron chi connectivity index (χ2n) is 3.48. The minimum Gasteiger partial charge on any atom is -0.308 e. The molecule has 1 saturated heterocycles.